The first-order valence-corrected chi connectivity index (χ1v) is 6.52. The average Bonchev–Trinajstić information content (AvgIpc) is 2.71. The van der Waals surface area contributed by atoms with Gasteiger partial charge in [-0.15, -0.1) is 11.8 Å². The summed E-state index contributed by atoms with van der Waals surface area (Å²) in [5.41, 5.74) is 7.32. The molecule has 2 rings (SSSR count). The average molecular weight is 221 g/mol. The van der Waals surface area contributed by atoms with Crippen LogP contribution in [0.4, 0.5) is 0 Å². The molecule has 1 aromatic rings. The zero-order chi connectivity index (χ0) is 10.7. The van der Waals surface area contributed by atoms with Gasteiger partial charge in [0.25, 0.3) is 0 Å². The summed E-state index contributed by atoms with van der Waals surface area (Å²) in [6.45, 7) is 2.99. The maximum atomic E-state index is 5.95. The first kappa shape index (κ1) is 11.0. The van der Waals surface area contributed by atoms with E-state index in [1.54, 1.807) is 0 Å². The molecule has 0 radical (unpaired) electrons. The van der Waals surface area contributed by atoms with Gasteiger partial charge >= 0.3 is 0 Å². The minimum Gasteiger partial charge on any atom is -0.329 e. The number of hydrogen-bond donors (Lipinski definition) is 1. The van der Waals surface area contributed by atoms with Crippen LogP contribution in [0.3, 0.4) is 0 Å². The third-order valence-electron chi connectivity index (χ3n) is 3.31. The topological polar surface area (TPSA) is 26.0 Å². The van der Waals surface area contributed by atoms with Crippen LogP contribution < -0.4 is 5.73 Å². The van der Waals surface area contributed by atoms with Gasteiger partial charge in [0.15, 0.2) is 0 Å². The normalized spacial score (nSPS) is 19.3. The van der Waals surface area contributed by atoms with Crippen molar-refractivity contribution < 1.29 is 0 Å². The summed E-state index contributed by atoms with van der Waals surface area (Å²) in [6, 6.07) is 8.62. The lowest BCUT2D eigenvalue weighted by Crippen LogP contribution is -2.30. The fraction of sp³-hybridized carbons (Fsp3) is 0.538. The summed E-state index contributed by atoms with van der Waals surface area (Å²) in [4.78, 5) is 1.41. The van der Waals surface area contributed by atoms with Crippen LogP contribution in [0.1, 0.15) is 31.2 Å². The molecule has 1 aliphatic carbocycles. The van der Waals surface area contributed by atoms with Gasteiger partial charge in [-0.25, -0.2) is 0 Å². The van der Waals surface area contributed by atoms with Gasteiger partial charge in [0.2, 0.25) is 0 Å². The van der Waals surface area contributed by atoms with E-state index < -0.39 is 0 Å². The van der Waals surface area contributed by atoms with Crippen molar-refractivity contribution in [3.8, 4) is 0 Å². The monoisotopic (exact) mass is 221 g/mol. The SMILES string of the molecule is Cc1ccccc1SC1(CN)CCCC1. The molecule has 0 aliphatic heterocycles. The molecule has 1 aliphatic rings. The number of benzene rings is 1. The van der Waals surface area contributed by atoms with Crippen LogP contribution in [0.15, 0.2) is 29.2 Å². The molecule has 0 atom stereocenters. The predicted octanol–water partition coefficient (Wildman–Crippen LogP) is 3.36. The molecule has 1 saturated carbocycles. The Kier molecular flexibility index (Phi) is 3.37. The van der Waals surface area contributed by atoms with Crippen molar-refractivity contribution in [3.05, 3.63) is 29.8 Å². The summed E-state index contributed by atoms with van der Waals surface area (Å²) in [7, 11) is 0. The fourth-order valence-electron chi connectivity index (χ4n) is 2.27. The molecule has 1 fully saturated rings. The smallest absolute Gasteiger partial charge is 0.0329 e. The molecule has 1 aromatic carbocycles. The van der Waals surface area contributed by atoms with Crippen LogP contribution in [0, 0.1) is 6.92 Å². The first-order valence-electron chi connectivity index (χ1n) is 5.70. The molecule has 0 saturated heterocycles. The minimum absolute atomic E-state index is 0.326. The van der Waals surface area contributed by atoms with Crippen LogP contribution >= 0.6 is 11.8 Å². The highest BCUT2D eigenvalue weighted by Gasteiger charge is 2.33. The standard InChI is InChI=1S/C13H19NS/c1-11-6-2-3-7-12(11)15-13(10-14)8-4-5-9-13/h2-3,6-7H,4-5,8-10,14H2,1H3. The van der Waals surface area contributed by atoms with Crippen LogP contribution in [0.2, 0.25) is 0 Å². The van der Waals surface area contributed by atoms with Crippen molar-refractivity contribution >= 4 is 11.8 Å². The van der Waals surface area contributed by atoms with Crippen molar-refractivity contribution in [3.63, 3.8) is 0 Å². The lowest BCUT2D eigenvalue weighted by atomic mass is 10.1. The molecule has 2 N–H and O–H groups in total. The Balaban J connectivity index is 2.16. The van der Waals surface area contributed by atoms with E-state index in [1.165, 1.54) is 36.1 Å². The molecular formula is C13H19NS. The number of hydrogen-bond acceptors (Lipinski definition) is 2. The zero-order valence-electron chi connectivity index (χ0n) is 9.33. The van der Waals surface area contributed by atoms with Gasteiger partial charge in [0.1, 0.15) is 0 Å². The second-order valence-corrected chi connectivity index (χ2v) is 5.97. The van der Waals surface area contributed by atoms with Crippen LogP contribution in [-0.4, -0.2) is 11.3 Å². The lowest BCUT2D eigenvalue weighted by Gasteiger charge is -2.27. The van der Waals surface area contributed by atoms with Crippen LogP contribution in [0.25, 0.3) is 0 Å². The molecule has 0 heterocycles. The summed E-state index contributed by atoms with van der Waals surface area (Å²) in [6.07, 6.45) is 5.25. The molecule has 15 heavy (non-hydrogen) atoms. The molecule has 0 spiro atoms. The lowest BCUT2D eigenvalue weighted by molar-refractivity contribution is 0.619. The Morgan fingerprint density at radius 2 is 1.93 bits per heavy atom. The maximum Gasteiger partial charge on any atom is 0.0329 e. The number of nitrogens with two attached hydrogens (primary N) is 1. The van der Waals surface area contributed by atoms with Gasteiger partial charge in [-0.05, 0) is 31.4 Å². The Bertz CT molecular complexity index is 329. The number of rotatable bonds is 3. The minimum atomic E-state index is 0.326. The van der Waals surface area contributed by atoms with Crippen molar-refractivity contribution in [1.82, 2.24) is 0 Å². The van der Waals surface area contributed by atoms with Gasteiger partial charge in [-0.3, -0.25) is 0 Å². The molecule has 82 valence electrons. The summed E-state index contributed by atoms with van der Waals surface area (Å²) in [5.74, 6) is 0. The molecular weight excluding hydrogens is 202 g/mol. The Morgan fingerprint density at radius 3 is 2.53 bits per heavy atom. The molecule has 0 unspecified atom stereocenters. The predicted molar refractivity (Wildman–Crippen MR) is 67.3 cm³/mol. The van der Waals surface area contributed by atoms with Crippen molar-refractivity contribution in [2.24, 2.45) is 5.73 Å². The van der Waals surface area contributed by atoms with E-state index in [1.807, 2.05) is 11.8 Å². The van der Waals surface area contributed by atoms with Gasteiger partial charge in [-0.1, -0.05) is 31.0 Å². The van der Waals surface area contributed by atoms with E-state index in [9.17, 15) is 0 Å². The van der Waals surface area contributed by atoms with E-state index in [0.717, 1.165) is 6.54 Å². The first-order chi connectivity index (χ1) is 7.26. The molecule has 1 nitrogen and oxygen atoms in total. The molecule has 0 bridgehead atoms. The van der Waals surface area contributed by atoms with E-state index in [2.05, 4.69) is 31.2 Å². The largest absolute Gasteiger partial charge is 0.329 e. The van der Waals surface area contributed by atoms with Gasteiger partial charge < -0.3 is 5.73 Å². The van der Waals surface area contributed by atoms with Gasteiger partial charge in [0, 0.05) is 16.2 Å². The molecule has 0 aromatic heterocycles. The van der Waals surface area contributed by atoms with Gasteiger partial charge in [-0.2, -0.15) is 0 Å². The number of thioether (sulfide) groups is 1. The number of aryl methyl sites for hydroxylation is 1. The second kappa shape index (κ2) is 4.58. The highest BCUT2D eigenvalue weighted by atomic mass is 32.2. The summed E-state index contributed by atoms with van der Waals surface area (Å²) >= 11 is 2.00. The van der Waals surface area contributed by atoms with Crippen molar-refractivity contribution in [2.45, 2.75) is 42.2 Å². The third kappa shape index (κ3) is 2.37. The quantitative estimate of drug-likeness (QED) is 0.847. The van der Waals surface area contributed by atoms with Crippen molar-refractivity contribution in [2.75, 3.05) is 6.54 Å². The van der Waals surface area contributed by atoms with Gasteiger partial charge in [0.05, 0.1) is 0 Å². The summed E-state index contributed by atoms with van der Waals surface area (Å²) < 4.78 is 0.326. The van der Waals surface area contributed by atoms with E-state index >= 15 is 0 Å². The van der Waals surface area contributed by atoms with E-state index in [4.69, 9.17) is 5.73 Å². The fourth-order valence-corrected chi connectivity index (χ4v) is 3.69. The third-order valence-corrected chi connectivity index (χ3v) is 4.99. The van der Waals surface area contributed by atoms with E-state index in [-0.39, 0.29) is 0 Å². The highest BCUT2D eigenvalue weighted by Crippen LogP contribution is 2.45. The Morgan fingerprint density at radius 1 is 1.27 bits per heavy atom. The van der Waals surface area contributed by atoms with Crippen molar-refractivity contribution in [1.29, 1.82) is 0 Å². The Labute approximate surface area is 96.4 Å². The molecule has 2 heteroatoms. The van der Waals surface area contributed by atoms with Crippen LogP contribution in [0.5, 0.6) is 0 Å². The Hall–Kier alpha value is -0.470. The molecule has 0 amide bonds. The summed E-state index contributed by atoms with van der Waals surface area (Å²) in [5, 5.41) is 0. The van der Waals surface area contributed by atoms with E-state index in [0.29, 0.717) is 4.75 Å². The maximum absolute atomic E-state index is 5.95. The van der Waals surface area contributed by atoms with Crippen LogP contribution in [-0.2, 0) is 0 Å². The second-order valence-electron chi connectivity index (χ2n) is 4.46. The highest BCUT2D eigenvalue weighted by molar-refractivity contribution is 8.00. The zero-order valence-corrected chi connectivity index (χ0v) is 10.1.